The fourth-order valence-electron chi connectivity index (χ4n) is 2.46. The number of aromatic amines is 1. The van der Waals surface area contributed by atoms with E-state index >= 15 is 0 Å². The van der Waals surface area contributed by atoms with Crippen LogP contribution >= 0.6 is 0 Å². The topological polar surface area (TPSA) is 82.8 Å². The molecule has 0 amide bonds. The maximum atomic E-state index is 13.9. The van der Waals surface area contributed by atoms with Crippen LogP contribution in [-0.2, 0) is 0 Å². The number of benzene rings is 2. The fraction of sp³-hybridized carbons (Fsp3) is 0.0625. The van der Waals surface area contributed by atoms with Crippen molar-refractivity contribution in [1.82, 2.24) is 4.98 Å². The second kappa shape index (κ2) is 5.16. The minimum Gasteiger partial charge on any atom is -0.454 e. The lowest BCUT2D eigenvalue weighted by Crippen LogP contribution is -2.03. The summed E-state index contributed by atoms with van der Waals surface area (Å²) in [5, 5.41) is 0.485. The summed E-state index contributed by atoms with van der Waals surface area (Å²) in [6.45, 7) is 0.139. The van der Waals surface area contributed by atoms with Gasteiger partial charge in [0.25, 0.3) is 0 Å². The summed E-state index contributed by atoms with van der Waals surface area (Å²) < 4.78 is 24.4. The van der Waals surface area contributed by atoms with Gasteiger partial charge in [-0.25, -0.2) is 4.39 Å². The number of halogens is 1. The minimum absolute atomic E-state index is 0. The summed E-state index contributed by atoms with van der Waals surface area (Å²) in [5.74, 6) is 0.740. The van der Waals surface area contributed by atoms with Crippen LogP contribution in [0.2, 0.25) is 0 Å². The zero-order chi connectivity index (χ0) is 14.4. The second-order valence-corrected chi connectivity index (χ2v) is 4.78. The van der Waals surface area contributed by atoms with Gasteiger partial charge in [0.2, 0.25) is 6.79 Å². The highest BCUT2D eigenvalue weighted by Crippen LogP contribution is 2.35. The smallest absolute Gasteiger partial charge is 0.231 e. The van der Waals surface area contributed by atoms with E-state index in [1.807, 2.05) is 0 Å². The van der Waals surface area contributed by atoms with Crippen molar-refractivity contribution in [1.29, 1.82) is 0 Å². The van der Waals surface area contributed by atoms with E-state index in [0.717, 1.165) is 0 Å². The molecule has 4 rings (SSSR count). The van der Waals surface area contributed by atoms with E-state index in [2.05, 4.69) is 4.98 Å². The molecule has 0 unspecified atom stereocenters. The summed E-state index contributed by atoms with van der Waals surface area (Å²) in [6.07, 6.45) is 0. The standard InChI is InChI=1S/C16H10FNO3.H2O/c17-11-4-2-1-3-9(11)12-6-14(19)10-5-15-16(21-8-20-15)7-13(10)18-12;/h1-7H,8H2,(H,18,19);1H2. The normalized spacial score (nSPS) is 12.2. The van der Waals surface area contributed by atoms with Crippen molar-refractivity contribution in [3.63, 3.8) is 0 Å². The summed E-state index contributed by atoms with van der Waals surface area (Å²) >= 11 is 0. The minimum atomic E-state index is -0.381. The van der Waals surface area contributed by atoms with Crippen LogP contribution in [0.5, 0.6) is 11.5 Å². The van der Waals surface area contributed by atoms with E-state index in [-0.39, 0.29) is 23.5 Å². The molecular weight excluding hydrogens is 289 g/mol. The first-order chi connectivity index (χ1) is 10.2. The Kier molecular flexibility index (Phi) is 3.30. The van der Waals surface area contributed by atoms with Crippen LogP contribution < -0.4 is 14.9 Å². The van der Waals surface area contributed by atoms with Gasteiger partial charge in [0, 0.05) is 23.1 Å². The molecule has 2 heterocycles. The van der Waals surface area contributed by atoms with Gasteiger partial charge in [0.15, 0.2) is 16.9 Å². The Bertz CT molecular complexity index is 920. The zero-order valence-electron chi connectivity index (χ0n) is 11.4. The van der Waals surface area contributed by atoms with Crippen LogP contribution in [0.3, 0.4) is 0 Å². The molecule has 3 aromatic rings. The van der Waals surface area contributed by atoms with E-state index in [0.29, 0.717) is 33.7 Å². The Morgan fingerprint density at radius 2 is 1.77 bits per heavy atom. The van der Waals surface area contributed by atoms with E-state index in [1.54, 1.807) is 30.3 Å². The molecular formula is C16H12FNO4. The number of nitrogens with one attached hydrogen (secondary N) is 1. The Morgan fingerprint density at radius 3 is 2.55 bits per heavy atom. The Hall–Kier alpha value is -2.86. The predicted octanol–water partition coefficient (Wildman–Crippen LogP) is 2.24. The highest BCUT2D eigenvalue weighted by Gasteiger charge is 2.16. The fourth-order valence-corrected chi connectivity index (χ4v) is 2.46. The number of fused-ring (bicyclic) bond motifs is 2. The zero-order valence-corrected chi connectivity index (χ0v) is 11.4. The molecule has 1 aromatic heterocycles. The number of rotatable bonds is 1. The SMILES string of the molecule is O.O=c1cc(-c2ccccc2F)[nH]c2cc3c(cc12)OCO3. The molecule has 0 spiro atoms. The molecule has 6 heteroatoms. The molecule has 22 heavy (non-hydrogen) atoms. The molecule has 1 aliphatic rings. The quantitative estimate of drug-likeness (QED) is 0.748. The van der Waals surface area contributed by atoms with E-state index in [9.17, 15) is 9.18 Å². The van der Waals surface area contributed by atoms with Crippen molar-refractivity contribution in [2.24, 2.45) is 0 Å². The van der Waals surface area contributed by atoms with Gasteiger partial charge in [-0.3, -0.25) is 4.79 Å². The number of H-pyrrole nitrogens is 1. The third-order valence-electron chi connectivity index (χ3n) is 3.49. The van der Waals surface area contributed by atoms with Crippen LogP contribution in [0.1, 0.15) is 0 Å². The molecule has 0 saturated heterocycles. The Morgan fingerprint density at radius 1 is 1.05 bits per heavy atom. The van der Waals surface area contributed by atoms with Crippen LogP contribution in [-0.4, -0.2) is 17.3 Å². The largest absolute Gasteiger partial charge is 0.454 e. The molecule has 0 radical (unpaired) electrons. The summed E-state index contributed by atoms with van der Waals surface area (Å²) in [6, 6.07) is 11.0. The lowest BCUT2D eigenvalue weighted by molar-refractivity contribution is 0.174. The lowest BCUT2D eigenvalue weighted by Gasteiger charge is -2.06. The second-order valence-electron chi connectivity index (χ2n) is 4.78. The molecule has 2 aromatic carbocycles. The van der Waals surface area contributed by atoms with Gasteiger partial charge in [0.05, 0.1) is 11.2 Å². The third-order valence-corrected chi connectivity index (χ3v) is 3.49. The van der Waals surface area contributed by atoms with Crippen LogP contribution in [0.4, 0.5) is 4.39 Å². The first-order valence-electron chi connectivity index (χ1n) is 6.44. The van der Waals surface area contributed by atoms with Crippen molar-refractivity contribution in [3.05, 3.63) is 58.5 Å². The van der Waals surface area contributed by atoms with Gasteiger partial charge >= 0.3 is 0 Å². The number of pyridine rings is 1. The monoisotopic (exact) mass is 301 g/mol. The van der Waals surface area contributed by atoms with Crippen LogP contribution in [0.15, 0.2) is 47.3 Å². The summed E-state index contributed by atoms with van der Waals surface area (Å²) in [7, 11) is 0. The van der Waals surface area contributed by atoms with Gasteiger partial charge in [-0.05, 0) is 18.2 Å². The highest BCUT2D eigenvalue weighted by molar-refractivity contribution is 5.85. The van der Waals surface area contributed by atoms with Crippen LogP contribution in [0, 0.1) is 5.82 Å². The Labute approximate surface area is 124 Å². The van der Waals surface area contributed by atoms with Gasteiger partial charge in [-0.15, -0.1) is 0 Å². The third kappa shape index (κ3) is 2.10. The lowest BCUT2D eigenvalue weighted by atomic mass is 10.1. The summed E-state index contributed by atoms with van der Waals surface area (Å²) in [5.41, 5.74) is 1.18. The summed E-state index contributed by atoms with van der Waals surface area (Å²) in [4.78, 5) is 15.3. The molecule has 5 nitrogen and oxygen atoms in total. The van der Waals surface area contributed by atoms with Crippen molar-refractivity contribution >= 4 is 10.9 Å². The average Bonchev–Trinajstić information content (AvgIpc) is 2.93. The van der Waals surface area contributed by atoms with Crippen molar-refractivity contribution in [2.45, 2.75) is 0 Å². The van der Waals surface area contributed by atoms with Gasteiger partial charge in [-0.1, -0.05) is 12.1 Å². The molecule has 1 aliphatic heterocycles. The number of aromatic nitrogens is 1. The van der Waals surface area contributed by atoms with E-state index in [4.69, 9.17) is 9.47 Å². The maximum absolute atomic E-state index is 13.9. The van der Waals surface area contributed by atoms with Gasteiger partial charge < -0.3 is 19.9 Å². The molecule has 0 atom stereocenters. The number of ether oxygens (including phenoxy) is 2. The van der Waals surface area contributed by atoms with E-state index in [1.165, 1.54) is 12.1 Å². The predicted molar refractivity (Wildman–Crippen MR) is 79.7 cm³/mol. The first-order valence-corrected chi connectivity index (χ1v) is 6.44. The number of hydrogen-bond acceptors (Lipinski definition) is 3. The van der Waals surface area contributed by atoms with Crippen LogP contribution in [0.25, 0.3) is 22.2 Å². The number of hydrogen-bond donors (Lipinski definition) is 1. The van der Waals surface area contributed by atoms with Crippen molar-refractivity contribution in [2.75, 3.05) is 6.79 Å². The molecule has 0 fully saturated rings. The molecule has 0 aliphatic carbocycles. The van der Waals surface area contributed by atoms with Crippen molar-refractivity contribution in [3.8, 4) is 22.8 Å². The molecule has 0 bridgehead atoms. The van der Waals surface area contributed by atoms with Crippen molar-refractivity contribution < 1.29 is 19.3 Å². The van der Waals surface area contributed by atoms with Gasteiger partial charge in [0.1, 0.15) is 5.82 Å². The molecule has 112 valence electrons. The van der Waals surface area contributed by atoms with E-state index < -0.39 is 0 Å². The first kappa shape index (κ1) is 14.1. The molecule has 0 saturated carbocycles. The van der Waals surface area contributed by atoms with Gasteiger partial charge in [-0.2, -0.15) is 0 Å². The maximum Gasteiger partial charge on any atom is 0.231 e. The average molecular weight is 301 g/mol. The highest BCUT2D eigenvalue weighted by atomic mass is 19.1. The molecule has 3 N–H and O–H groups in total. The Balaban J connectivity index is 0.00000144.